The summed E-state index contributed by atoms with van der Waals surface area (Å²) in [5.41, 5.74) is 0. The lowest BCUT2D eigenvalue weighted by atomic mass is 10.1. The predicted octanol–water partition coefficient (Wildman–Crippen LogP) is 1.65. The molecule has 12 heavy (non-hydrogen) atoms. The Bertz CT molecular complexity index is 165. The first-order valence-electron chi connectivity index (χ1n) is 4.66. The van der Waals surface area contributed by atoms with E-state index in [1.807, 2.05) is 0 Å². The Balaban J connectivity index is 2.59. The summed E-state index contributed by atoms with van der Waals surface area (Å²) in [5.74, 6) is 0. The molecule has 0 aromatic carbocycles. The van der Waals surface area contributed by atoms with Crippen LogP contribution in [0, 0.1) is 0 Å². The van der Waals surface area contributed by atoms with Crippen LogP contribution in [0.5, 0.6) is 0 Å². The van der Waals surface area contributed by atoms with Crippen molar-refractivity contribution in [2.75, 3.05) is 20.1 Å². The van der Waals surface area contributed by atoms with E-state index < -0.39 is 8.69 Å². The number of likely N-dealkylation sites (tertiary alicyclic amines) is 1. The maximum absolute atomic E-state index is 10.5. The first kappa shape index (κ1) is 10.2. The highest BCUT2D eigenvalue weighted by molar-refractivity contribution is 7.17. The van der Waals surface area contributed by atoms with Crippen molar-refractivity contribution in [1.29, 1.82) is 0 Å². The molecule has 1 fully saturated rings. The zero-order valence-corrected chi connectivity index (χ0v) is 9.11. The van der Waals surface area contributed by atoms with E-state index in [0.29, 0.717) is 0 Å². The van der Waals surface area contributed by atoms with Crippen LogP contribution in [0.3, 0.4) is 0 Å². The first-order chi connectivity index (χ1) is 5.73. The van der Waals surface area contributed by atoms with E-state index in [0.717, 1.165) is 17.4 Å². The molecule has 0 amide bonds. The topological polar surface area (TPSA) is 26.3 Å². The van der Waals surface area contributed by atoms with Crippen LogP contribution in [0.1, 0.15) is 26.2 Å². The minimum atomic E-state index is -1.04. The van der Waals surface area contributed by atoms with Crippen molar-refractivity contribution >= 4 is 8.69 Å². The summed E-state index contributed by atoms with van der Waals surface area (Å²) in [6, 6.07) is 0. The molecule has 0 aromatic heterocycles. The smallest absolute Gasteiger partial charge is 0.199 e. The third-order valence-electron chi connectivity index (χ3n) is 3.00. The normalized spacial score (nSPS) is 37.7. The van der Waals surface area contributed by atoms with E-state index in [4.69, 9.17) is 4.52 Å². The first-order valence-corrected chi connectivity index (χ1v) is 5.60. The predicted molar refractivity (Wildman–Crippen MR) is 50.7 cm³/mol. The maximum Gasteiger partial charge on any atom is 0.199 e. The van der Waals surface area contributed by atoms with Crippen molar-refractivity contribution in [3.8, 4) is 0 Å². The third kappa shape index (κ3) is 2.09. The van der Waals surface area contributed by atoms with Crippen molar-refractivity contribution in [3.63, 3.8) is 0 Å². The summed E-state index contributed by atoms with van der Waals surface area (Å²) < 4.78 is 16.7. The van der Waals surface area contributed by atoms with Gasteiger partial charge in [0.15, 0.2) is 14.9 Å². The molecule has 3 nitrogen and oxygen atoms in total. The highest BCUT2D eigenvalue weighted by Gasteiger charge is 2.34. The molecule has 4 heteroatoms. The summed E-state index contributed by atoms with van der Waals surface area (Å²) >= 11 is 0. The van der Waals surface area contributed by atoms with Crippen LogP contribution in [0.15, 0.2) is 0 Å². The Morgan fingerprint density at radius 2 is 2.33 bits per heavy atom. The quantitative estimate of drug-likeness (QED) is 0.502. The fraction of sp³-hybridized carbons (Fsp3) is 1.00. The number of hydrogen-bond donors (Lipinski definition) is 0. The zero-order chi connectivity index (χ0) is 9.03. The second kappa shape index (κ2) is 4.40. The van der Waals surface area contributed by atoms with Gasteiger partial charge in [-0.1, -0.05) is 0 Å². The van der Waals surface area contributed by atoms with E-state index >= 15 is 0 Å². The minimum absolute atomic E-state index is 0.191. The Kier molecular flexibility index (Phi) is 3.76. The van der Waals surface area contributed by atoms with Crippen LogP contribution in [-0.2, 0) is 9.09 Å². The second-order valence-electron chi connectivity index (χ2n) is 3.70. The average Bonchev–Trinajstić information content (AvgIpc) is 2.10. The van der Waals surface area contributed by atoms with E-state index in [-0.39, 0.29) is 6.23 Å². The zero-order valence-electron chi connectivity index (χ0n) is 7.95. The fourth-order valence-corrected chi connectivity index (χ4v) is 2.45. The van der Waals surface area contributed by atoms with E-state index in [1.54, 1.807) is 0 Å². The van der Waals surface area contributed by atoms with Gasteiger partial charge in [-0.2, -0.15) is 0 Å². The van der Waals surface area contributed by atoms with Crippen LogP contribution in [0.25, 0.3) is 0 Å². The highest BCUT2D eigenvalue weighted by Crippen LogP contribution is 2.26. The molecule has 1 aliphatic heterocycles. The van der Waals surface area contributed by atoms with Crippen molar-refractivity contribution in [2.24, 2.45) is 0 Å². The van der Waals surface area contributed by atoms with Gasteiger partial charge >= 0.3 is 0 Å². The van der Waals surface area contributed by atoms with Gasteiger partial charge in [-0.05, 0) is 19.8 Å². The van der Waals surface area contributed by atoms with Gasteiger partial charge in [0.2, 0.25) is 0 Å². The molecule has 0 aromatic rings. The van der Waals surface area contributed by atoms with Gasteiger partial charge in [0.1, 0.15) is 0 Å². The number of piperidine rings is 1. The molecule has 0 aliphatic carbocycles. The summed E-state index contributed by atoms with van der Waals surface area (Å²) in [6.45, 7) is 4.41. The number of quaternary nitrogens is 1. The van der Waals surface area contributed by atoms with Crippen LogP contribution in [-0.4, -0.2) is 30.8 Å². The summed E-state index contributed by atoms with van der Waals surface area (Å²) in [6.07, 6.45) is 3.76. The molecule has 0 N–H and O–H groups in total. The Morgan fingerprint density at radius 1 is 1.58 bits per heavy atom. The van der Waals surface area contributed by atoms with Crippen LogP contribution >= 0.6 is 8.69 Å². The molecular formula is C8H19NO2P+. The van der Waals surface area contributed by atoms with Crippen LogP contribution in [0.4, 0.5) is 0 Å². The number of nitrogens with zero attached hydrogens (tertiary/aromatic N) is 1. The molecular weight excluding hydrogens is 173 g/mol. The second-order valence-corrected chi connectivity index (χ2v) is 4.17. The Morgan fingerprint density at radius 3 is 2.92 bits per heavy atom. The van der Waals surface area contributed by atoms with Gasteiger partial charge in [-0.3, -0.25) is 9.09 Å². The van der Waals surface area contributed by atoms with Crippen molar-refractivity contribution in [2.45, 2.75) is 32.4 Å². The molecule has 3 unspecified atom stereocenters. The van der Waals surface area contributed by atoms with Crippen molar-refractivity contribution < 1.29 is 13.6 Å². The highest BCUT2D eigenvalue weighted by atomic mass is 31.1. The summed E-state index contributed by atoms with van der Waals surface area (Å²) in [7, 11) is 1.15. The minimum Gasteiger partial charge on any atom is -0.301 e. The molecule has 0 spiro atoms. The standard InChI is InChI=1S/C8H19NO2P/c1-3-9(2)7-5-4-6-8(9)11-12-10/h8H,3-7,12H2,1-2H3/q+1. The summed E-state index contributed by atoms with van der Waals surface area (Å²) in [5, 5.41) is 0. The Labute approximate surface area is 75.6 Å². The molecule has 1 rings (SSSR count). The van der Waals surface area contributed by atoms with E-state index in [9.17, 15) is 4.57 Å². The van der Waals surface area contributed by atoms with E-state index in [2.05, 4.69) is 14.0 Å². The summed E-state index contributed by atoms with van der Waals surface area (Å²) in [4.78, 5) is 0. The number of hydrogen-bond acceptors (Lipinski definition) is 2. The molecule has 0 bridgehead atoms. The van der Waals surface area contributed by atoms with Crippen LogP contribution < -0.4 is 0 Å². The largest absolute Gasteiger partial charge is 0.301 e. The molecule has 72 valence electrons. The van der Waals surface area contributed by atoms with Gasteiger partial charge in [0.05, 0.1) is 20.1 Å². The fourth-order valence-electron chi connectivity index (χ4n) is 1.89. The molecule has 1 aliphatic rings. The van der Waals surface area contributed by atoms with E-state index in [1.165, 1.54) is 19.4 Å². The number of rotatable bonds is 3. The lowest BCUT2D eigenvalue weighted by Crippen LogP contribution is -2.55. The molecule has 1 saturated heterocycles. The SMILES string of the molecule is CC[N+]1(C)CCCCC1O[PH2]=O. The van der Waals surface area contributed by atoms with Gasteiger partial charge in [-0.15, -0.1) is 0 Å². The monoisotopic (exact) mass is 192 g/mol. The molecule has 3 atom stereocenters. The van der Waals surface area contributed by atoms with Gasteiger partial charge in [0, 0.05) is 6.42 Å². The van der Waals surface area contributed by atoms with Crippen molar-refractivity contribution in [1.82, 2.24) is 0 Å². The Hall–Kier alpha value is 0.150. The molecule has 0 saturated carbocycles. The van der Waals surface area contributed by atoms with Gasteiger partial charge in [0.25, 0.3) is 0 Å². The molecule has 0 radical (unpaired) electrons. The van der Waals surface area contributed by atoms with Gasteiger partial charge < -0.3 is 4.48 Å². The third-order valence-corrected chi connectivity index (χ3v) is 3.43. The lowest BCUT2D eigenvalue weighted by molar-refractivity contribution is -0.954. The molecule has 1 heterocycles. The van der Waals surface area contributed by atoms with Crippen molar-refractivity contribution in [3.05, 3.63) is 0 Å². The lowest BCUT2D eigenvalue weighted by Gasteiger charge is -2.42. The van der Waals surface area contributed by atoms with Crippen LogP contribution in [0.2, 0.25) is 0 Å². The average molecular weight is 192 g/mol. The van der Waals surface area contributed by atoms with Gasteiger partial charge in [-0.25, -0.2) is 0 Å². The maximum atomic E-state index is 10.5.